The summed E-state index contributed by atoms with van der Waals surface area (Å²) in [6.45, 7) is 3.15. The van der Waals surface area contributed by atoms with Crippen LogP contribution >= 0.6 is 0 Å². The molecule has 0 aliphatic heterocycles. The highest BCUT2D eigenvalue weighted by molar-refractivity contribution is 5.90. The van der Waals surface area contributed by atoms with Crippen molar-refractivity contribution in [3.05, 3.63) is 59.1 Å². The van der Waals surface area contributed by atoms with Gasteiger partial charge in [0.1, 0.15) is 17.1 Å². The van der Waals surface area contributed by atoms with Gasteiger partial charge in [0.15, 0.2) is 6.61 Å². The molecule has 0 fully saturated rings. The molecule has 1 aromatic carbocycles. The molecule has 3 rings (SSSR count). The number of halogens is 1. The minimum atomic E-state index is -0.544. The number of aryl methyl sites for hydroxylation is 2. The molecule has 0 atom stereocenters. The molecule has 118 valence electrons. The summed E-state index contributed by atoms with van der Waals surface area (Å²) in [6.07, 6.45) is 1.41. The van der Waals surface area contributed by atoms with E-state index in [0.29, 0.717) is 22.5 Å². The van der Waals surface area contributed by atoms with Gasteiger partial charge >= 0.3 is 5.97 Å². The summed E-state index contributed by atoms with van der Waals surface area (Å²) >= 11 is 0. The highest BCUT2D eigenvalue weighted by Gasteiger charge is 2.16. The van der Waals surface area contributed by atoms with Crippen molar-refractivity contribution < 1.29 is 22.9 Å². The molecule has 0 spiro atoms. The number of carbonyl (C=O) groups excluding carboxylic acids is 1. The van der Waals surface area contributed by atoms with E-state index in [0.717, 1.165) is 0 Å². The lowest BCUT2D eigenvalue weighted by molar-refractivity contribution is 0.0428. The molecule has 0 amide bonds. The molecule has 0 unspecified atom stereocenters. The van der Waals surface area contributed by atoms with E-state index < -0.39 is 5.97 Å². The standard InChI is InChI=1S/C16H13FN2O4/c1-9-3-4-11(7-13(9)17)15-18-14(23-19-15)8-22-16(20)12-5-6-21-10(12)2/h3-7H,8H2,1-2H3. The van der Waals surface area contributed by atoms with Crippen LogP contribution in [-0.4, -0.2) is 16.1 Å². The van der Waals surface area contributed by atoms with Gasteiger partial charge in [0.25, 0.3) is 5.89 Å². The van der Waals surface area contributed by atoms with Crippen molar-refractivity contribution in [1.82, 2.24) is 10.1 Å². The maximum atomic E-state index is 13.6. The number of ether oxygens (including phenoxy) is 1. The summed E-state index contributed by atoms with van der Waals surface area (Å²) in [4.78, 5) is 15.9. The first-order valence-corrected chi connectivity index (χ1v) is 6.85. The van der Waals surface area contributed by atoms with Crippen LogP contribution in [0.1, 0.15) is 27.6 Å². The lowest BCUT2D eigenvalue weighted by atomic mass is 10.1. The zero-order valence-corrected chi connectivity index (χ0v) is 12.5. The number of nitrogens with zero attached hydrogens (tertiary/aromatic N) is 2. The third-order valence-corrected chi connectivity index (χ3v) is 3.30. The van der Waals surface area contributed by atoms with E-state index in [9.17, 15) is 9.18 Å². The number of carbonyl (C=O) groups is 1. The van der Waals surface area contributed by atoms with Gasteiger partial charge in [-0.25, -0.2) is 9.18 Å². The minimum absolute atomic E-state index is 0.121. The maximum absolute atomic E-state index is 13.6. The van der Waals surface area contributed by atoms with Crippen LogP contribution in [0.4, 0.5) is 4.39 Å². The molecule has 0 radical (unpaired) electrons. The van der Waals surface area contributed by atoms with Gasteiger partial charge in [-0.3, -0.25) is 0 Å². The Balaban J connectivity index is 1.69. The van der Waals surface area contributed by atoms with Crippen molar-refractivity contribution in [3.63, 3.8) is 0 Å². The fourth-order valence-corrected chi connectivity index (χ4v) is 1.96. The number of esters is 1. The molecular weight excluding hydrogens is 303 g/mol. The first-order valence-electron chi connectivity index (χ1n) is 6.85. The second-order valence-electron chi connectivity index (χ2n) is 4.94. The molecule has 23 heavy (non-hydrogen) atoms. The van der Waals surface area contributed by atoms with Gasteiger partial charge in [-0.05, 0) is 31.5 Å². The zero-order valence-electron chi connectivity index (χ0n) is 12.5. The molecule has 0 bridgehead atoms. The SMILES string of the molecule is Cc1ccc(-c2noc(COC(=O)c3ccoc3C)n2)cc1F. The number of rotatable bonds is 4. The minimum Gasteiger partial charge on any atom is -0.469 e. The van der Waals surface area contributed by atoms with Gasteiger partial charge in [0.05, 0.1) is 6.26 Å². The Morgan fingerprint density at radius 1 is 1.30 bits per heavy atom. The van der Waals surface area contributed by atoms with E-state index in [1.54, 1.807) is 26.0 Å². The van der Waals surface area contributed by atoms with Crippen LogP contribution in [0, 0.1) is 19.7 Å². The molecule has 0 N–H and O–H groups in total. The van der Waals surface area contributed by atoms with Crippen molar-refractivity contribution in [3.8, 4) is 11.4 Å². The predicted molar refractivity (Wildman–Crippen MR) is 77.0 cm³/mol. The molecule has 0 saturated heterocycles. The third kappa shape index (κ3) is 3.13. The van der Waals surface area contributed by atoms with Crippen molar-refractivity contribution in [1.29, 1.82) is 0 Å². The van der Waals surface area contributed by atoms with Gasteiger partial charge in [0.2, 0.25) is 5.82 Å². The van der Waals surface area contributed by atoms with Crippen LogP contribution < -0.4 is 0 Å². The maximum Gasteiger partial charge on any atom is 0.342 e. The summed E-state index contributed by atoms with van der Waals surface area (Å²) in [5, 5.41) is 3.75. The smallest absolute Gasteiger partial charge is 0.342 e. The number of benzene rings is 1. The summed E-state index contributed by atoms with van der Waals surface area (Å²) in [6, 6.07) is 6.16. The van der Waals surface area contributed by atoms with Crippen LogP contribution in [0.5, 0.6) is 0 Å². The monoisotopic (exact) mass is 316 g/mol. The third-order valence-electron chi connectivity index (χ3n) is 3.30. The quantitative estimate of drug-likeness (QED) is 0.686. The molecule has 2 heterocycles. The average Bonchev–Trinajstić information content (AvgIpc) is 3.16. The van der Waals surface area contributed by atoms with Crippen LogP contribution in [0.3, 0.4) is 0 Å². The Morgan fingerprint density at radius 3 is 2.83 bits per heavy atom. The highest BCUT2D eigenvalue weighted by Crippen LogP contribution is 2.19. The Hall–Kier alpha value is -2.96. The fraction of sp³-hybridized carbons (Fsp3) is 0.188. The Labute approximate surface area is 130 Å². The molecule has 0 aliphatic rings. The molecular formula is C16H13FN2O4. The Kier molecular flexibility index (Phi) is 3.92. The van der Waals surface area contributed by atoms with Crippen LogP contribution in [-0.2, 0) is 11.3 Å². The van der Waals surface area contributed by atoms with Gasteiger partial charge in [-0.1, -0.05) is 17.3 Å². The number of hydrogen-bond donors (Lipinski definition) is 0. The van der Waals surface area contributed by atoms with Crippen molar-refractivity contribution in [2.45, 2.75) is 20.5 Å². The van der Waals surface area contributed by atoms with Crippen molar-refractivity contribution in [2.24, 2.45) is 0 Å². The van der Waals surface area contributed by atoms with Gasteiger partial charge in [-0.15, -0.1) is 0 Å². The lowest BCUT2D eigenvalue weighted by Gasteiger charge is -2.00. The van der Waals surface area contributed by atoms with E-state index in [4.69, 9.17) is 13.7 Å². The van der Waals surface area contributed by atoms with Gasteiger partial charge in [-0.2, -0.15) is 4.98 Å². The summed E-state index contributed by atoms with van der Waals surface area (Å²) in [5.41, 5.74) is 1.35. The van der Waals surface area contributed by atoms with Gasteiger partial charge in [0, 0.05) is 5.56 Å². The molecule has 0 aliphatic carbocycles. The number of hydrogen-bond acceptors (Lipinski definition) is 6. The number of furan rings is 1. The largest absolute Gasteiger partial charge is 0.469 e. The first-order chi connectivity index (χ1) is 11.0. The topological polar surface area (TPSA) is 78.4 Å². The highest BCUT2D eigenvalue weighted by atomic mass is 19.1. The molecule has 6 nitrogen and oxygen atoms in total. The first kappa shape index (κ1) is 15.0. The molecule has 3 aromatic rings. The summed E-state index contributed by atoms with van der Waals surface area (Å²) < 4.78 is 28.7. The second-order valence-corrected chi connectivity index (χ2v) is 4.94. The van der Waals surface area contributed by atoms with Crippen LogP contribution in [0.15, 0.2) is 39.5 Å². The van der Waals surface area contributed by atoms with Crippen molar-refractivity contribution >= 4 is 5.97 Å². The van der Waals surface area contributed by atoms with E-state index in [1.165, 1.54) is 18.4 Å². The van der Waals surface area contributed by atoms with E-state index in [1.807, 2.05) is 0 Å². The van der Waals surface area contributed by atoms with Gasteiger partial charge < -0.3 is 13.7 Å². The van der Waals surface area contributed by atoms with E-state index in [-0.39, 0.29) is 24.1 Å². The Morgan fingerprint density at radius 2 is 2.13 bits per heavy atom. The fourth-order valence-electron chi connectivity index (χ4n) is 1.96. The predicted octanol–water partition coefficient (Wildman–Crippen LogP) is 3.44. The van der Waals surface area contributed by atoms with Crippen molar-refractivity contribution in [2.75, 3.05) is 0 Å². The molecule has 0 saturated carbocycles. The van der Waals surface area contributed by atoms with Crippen LogP contribution in [0.2, 0.25) is 0 Å². The average molecular weight is 316 g/mol. The lowest BCUT2D eigenvalue weighted by Crippen LogP contribution is -2.05. The number of aromatic nitrogens is 2. The Bertz CT molecular complexity index is 853. The van der Waals surface area contributed by atoms with E-state index in [2.05, 4.69) is 10.1 Å². The normalized spacial score (nSPS) is 10.7. The molecule has 7 heteroatoms. The second kappa shape index (κ2) is 6.04. The molecule has 2 aromatic heterocycles. The zero-order chi connectivity index (χ0) is 16.4. The summed E-state index contributed by atoms with van der Waals surface area (Å²) in [5.74, 6) is -0.0747. The van der Waals surface area contributed by atoms with Crippen LogP contribution in [0.25, 0.3) is 11.4 Å². The van der Waals surface area contributed by atoms with E-state index >= 15 is 0 Å². The summed E-state index contributed by atoms with van der Waals surface area (Å²) in [7, 11) is 0.